The van der Waals surface area contributed by atoms with E-state index in [0.717, 1.165) is 25.0 Å². The molecule has 0 saturated carbocycles. The average molecular weight is 264 g/mol. The Morgan fingerprint density at radius 3 is 2.89 bits per heavy atom. The van der Waals surface area contributed by atoms with Gasteiger partial charge in [-0.05, 0) is 32.3 Å². The minimum atomic E-state index is -0.361. The Kier molecular flexibility index (Phi) is 4.50. The Bertz CT molecular complexity index is 444. The third-order valence-electron chi connectivity index (χ3n) is 3.62. The zero-order valence-corrected chi connectivity index (χ0v) is 11.3. The molecule has 0 bridgehead atoms. The predicted molar refractivity (Wildman–Crippen MR) is 73.1 cm³/mol. The summed E-state index contributed by atoms with van der Waals surface area (Å²) in [5, 5.41) is 14.2. The van der Waals surface area contributed by atoms with E-state index in [-0.39, 0.29) is 28.8 Å². The number of nitrogens with one attached hydrogen (secondary N) is 1. The van der Waals surface area contributed by atoms with Crippen LogP contribution in [-0.4, -0.2) is 23.7 Å². The van der Waals surface area contributed by atoms with Crippen LogP contribution in [0.15, 0.2) is 24.3 Å². The van der Waals surface area contributed by atoms with E-state index in [9.17, 15) is 10.1 Å². The first-order valence-electron chi connectivity index (χ1n) is 6.70. The number of benzene rings is 1. The molecule has 0 radical (unpaired) electrons. The molecule has 1 aliphatic heterocycles. The van der Waals surface area contributed by atoms with Gasteiger partial charge in [0.25, 0.3) is 5.69 Å². The molecule has 1 aromatic carbocycles. The first-order chi connectivity index (χ1) is 9.08. The molecule has 19 heavy (non-hydrogen) atoms. The zero-order chi connectivity index (χ0) is 13.8. The topological polar surface area (TPSA) is 64.4 Å². The SMILES string of the molecule is CC(NC(C)C1CCCO1)c1cccc([N+](=O)[O-])c1. The summed E-state index contributed by atoms with van der Waals surface area (Å²) in [6.45, 7) is 4.95. The normalized spacial score (nSPS) is 22.1. The molecule has 104 valence electrons. The van der Waals surface area contributed by atoms with E-state index in [2.05, 4.69) is 12.2 Å². The van der Waals surface area contributed by atoms with E-state index in [1.54, 1.807) is 12.1 Å². The number of non-ortho nitro benzene ring substituents is 1. The zero-order valence-electron chi connectivity index (χ0n) is 11.3. The number of nitro groups is 1. The molecule has 1 heterocycles. The van der Waals surface area contributed by atoms with Gasteiger partial charge in [0.1, 0.15) is 0 Å². The van der Waals surface area contributed by atoms with Crippen LogP contribution in [0.5, 0.6) is 0 Å². The first-order valence-corrected chi connectivity index (χ1v) is 6.70. The maximum atomic E-state index is 10.8. The highest BCUT2D eigenvalue weighted by molar-refractivity contribution is 5.35. The van der Waals surface area contributed by atoms with E-state index in [1.165, 1.54) is 6.07 Å². The van der Waals surface area contributed by atoms with Crippen LogP contribution in [0.3, 0.4) is 0 Å². The minimum Gasteiger partial charge on any atom is -0.377 e. The monoisotopic (exact) mass is 264 g/mol. The minimum absolute atomic E-state index is 0.0686. The Labute approximate surface area is 113 Å². The van der Waals surface area contributed by atoms with Gasteiger partial charge >= 0.3 is 0 Å². The third kappa shape index (κ3) is 3.52. The summed E-state index contributed by atoms with van der Waals surface area (Å²) in [4.78, 5) is 10.4. The van der Waals surface area contributed by atoms with Gasteiger partial charge in [-0.2, -0.15) is 0 Å². The largest absolute Gasteiger partial charge is 0.377 e. The number of rotatable bonds is 5. The molecule has 5 heteroatoms. The van der Waals surface area contributed by atoms with E-state index < -0.39 is 0 Å². The number of hydrogen-bond donors (Lipinski definition) is 1. The molecule has 5 nitrogen and oxygen atoms in total. The van der Waals surface area contributed by atoms with Crippen molar-refractivity contribution in [1.82, 2.24) is 5.32 Å². The third-order valence-corrected chi connectivity index (χ3v) is 3.62. The van der Waals surface area contributed by atoms with Crippen LogP contribution < -0.4 is 5.32 Å². The Morgan fingerprint density at radius 1 is 1.47 bits per heavy atom. The van der Waals surface area contributed by atoms with Crippen LogP contribution >= 0.6 is 0 Å². The molecule has 3 atom stereocenters. The highest BCUT2D eigenvalue weighted by Crippen LogP contribution is 2.22. The lowest BCUT2D eigenvalue weighted by Crippen LogP contribution is -2.38. The number of nitrogens with zero attached hydrogens (tertiary/aromatic N) is 1. The van der Waals surface area contributed by atoms with Crippen LogP contribution in [0.1, 0.15) is 38.3 Å². The Morgan fingerprint density at radius 2 is 2.26 bits per heavy atom. The van der Waals surface area contributed by atoms with Crippen molar-refractivity contribution in [3.05, 3.63) is 39.9 Å². The maximum absolute atomic E-state index is 10.8. The first kappa shape index (κ1) is 14.0. The fraction of sp³-hybridized carbons (Fsp3) is 0.571. The molecule has 1 N–H and O–H groups in total. The van der Waals surface area contributed by atoms with E-state index >= 15 is 0 Å². The van der Waals surface area contributed by atoms with Gasteiger partial charge in [0.15, 0.2) is 0 Å². The van der Waals surface area contributed by atoms with E-state index in [0.29, 0.717) is 0 Å². The summed E-state index contributed by atoms with van der Waals surface area (Å²) < 4.78 is 5.64. The summed E-state index contributed by atoms with van der Waals surface area (Å²) in [5.74, 6) is 0. The second-order valence-corrected chi connectivity index (χ2v) is 5.08. The lowest BCUT2D eigenvalue weighted by atomic mass is 10.0. The second kappa shape index (κ2) is 6.12. The van der Waals surface area contributed by atoms with Crippen LogP contribution in [0.2, 0.25) is 0 Å². The summed E-state index contributed by atoms with van der Waals surface area (Å²) in [7, 11) is 0. The van der Waals surface area contributed by atoms with Gasteiger partial charge in [0.2, 0.25) is 0 Å². The van der Waals surface area contributed by atoms with Crippen molar-refractivity contribution in [1.29, 1.82) is 0 Å². The smallest absolute Gasteiger partial charge is 0.269 e. The molecule has 0 aliphatic carbocycles. The van der Waals surface area contributed by atoms with Gasteiger partial charge < -0.3 is 10.1 Å². The van der Waals surface area contributed by atoms with Crippen molar-refractivity contribution in [3.8, 4) is 0 Å². The lowest BCUT2D eigenvalue weighted by molar-refractivity contribution is -0.384. The standard InChI is InChI=1S/C14H20N2O3/c1-10(15-11(2)14-7-4-8-19-14)12-5-3-6-13(9-12)16(17)18/h3,5-6,9-11,14-15H,4,7-8H2,1-2H3. The van der Waals surface area contributed by atoms with Crippen molar-refractivity contribution in [3.63, 3.8) is 0 Å². The summed E-state index contributed by atoms with van der Waals surface area (Å²) >= 11 is 0. The molecule has 3 unspecified atom stereocenters. The Balaban J connectivity index is 2.00. The fourth-order valence-corrected chi connectivity index (χ4v) is 2.50. The molecular weight excluding hydrogens is 244 g/mol. The number of nitro benzene ring substituents is 1. The highest BCUT2D eigenvalue weighted by atomic mass is 16.6. The Hall–Kier alpha value is -1.46. The van der Waals surface area contributed by atoms with Crippen LogP contribution in [0, 0.1) is 10.1 Å². The van der Waals surface area contributed by atoms with E-state index in [4.69, 9.17) is 4.74 Å². The number of ether oxygens (including phenoxy) is 1. The summed E-state index contributed by atoms with van der Waals surface area (Å²) in [6.07, 6.45) is 2.44. The second-order valence-electron chi connectivity index (χ2n) is 5.08. The van der Waals surface area contributed by atoms with Crippen LogP contribution in [0.4, 0.5) is 5.69 Å². The van der Waals surface area contributed by atoms with E-state index in [1.807, 2.05) is 13.0 Å². The number of hydrogen-bond acceptors (Lipinski definition) is 4. The predicted octanol–water partition coefficient (Wildman–Crippen LogP) is 2.81. The average Bonchev–Trinajstić information content (AvgIpc) is 2.92. The fourth-order valence-electron chi connectivity index (χ4n) is 2.50. The van der Waals surface area contributed by atoms with Gasteiger partial charge in [-0.15, -0.1) is 0 Å². The molecule has 1 aliphatic rings. The molecule has 2 rings (SSSR count). The molecule has 1 fully saturated rings. The van der Waals surface area contributed by atoms with Gasteiger partial charge in [-0.25, -0.2) is 0 Å². The van der Waals surface area contributed by atoms with Crippen molar-refractivity contribution in [2.75, 3.05) is 6.61 Å². The molecule has 0 spiro atoms. The molecule has 0 aromatic heterocycles. The van der Waals surface area contributed by atoms with Crippen molar-refractivity contribution < 1.29 is 9.66 Å². The van der Waals surface area contributed by atoms with Crippen molar-refractivity contribution in [2.45, 2.75) is 44.9 Å². The van der Waals surface area contributed by atoms with Gasteiger partial charge in [-0.3, -0.25) is 10.1 Å². The van der Waals surface area contributed by atoms with Crippen molar-refractivity contribution in [2.24, 2.45) is 0 Å². The van der Waals surface area contributed by atoms with Crippen LogP contribution in [0.25, 0.3) is 0 Å². The molecule has 1 aromatic rings. The molecular formula is C14H20N2O3. The quantitative estimate of drug-likeness (QED) is 0.656. The lowest BCUT2D eigenvalue weighted by Gasteiger charge is -2.24. The van der Waals surface area contributed by atoms with Crippen molar-refractivity contribution >= 4 is 5.69 Å². The van der Waals surface area contributed by atoms with Gasteiger partial charge in [0, 0.05) is 30.8 Å². The highest BCUT2D eigenvalue weighted by Gasteiger charge is 2.23. The van der Waals surface area contributed by atoms with Gasteiger partial charge in [0.05, 0.1) is 11.0 Å². The summed E-state index contributed by atoms with van der Waals surface area (Å²) in [5.41, 5.74) is 1.06. The van der Waals surface area contributed by atoms with Gasteiger partial charge in [-0.1, -0.05) is 12.1 Å². The summed E-state index contributed by atoms with van der Waals surface area (Å²) in [6, 6.07) is 7.09. The van der Waals surface area contributed by atoms with Crippen LogP contribution in [-0.2, 0) is 4.74 Å². The molecule has 1 saturated heterocycles. The molecule has 0 amide bonds. The maximum Gasteiger partial charge on any atom is 0.269 e.